The van der Waals surface area contributed by atoms with Crippen molar-refractivity contribution in [1.29, 1.82) is 0 Å². The number of nitrogens with zero attached hydrogens (tertiary/aromatic N) is 1. The minimum atomic E-state index is -0.483. The number of imide groups is 1. The van der Waals surface area contributed by atoms with Gasteiger partial charge in [0.1, 0.15) is 12.4 Å². The molecule has 0 unspecified atom stereocenters. The van der Waals surface area contributed by atoms with E-state index in [4.69, 9.17) is 21.1 Å². The van der Waals surface area contributed by atoms with Crippen molar-refractivity contribution in [3.05, 3.63) is 98.7 Å². The fourth-order valence-corrected chi connectivity index (χ4v) is 4.41. The molecule has 0 bridgehead atoms. The van der Waals surface area contributed by atoms with Gasteiger partial charge < -0.3 is 9.47 Å². The Morgan fingerprint density at radius 3 is 2.50 bits per heavy atom. The molecule has 8 heteroatoms. The van der Waals surface area contributed by atoms with Gasteiger partial charge in [-0.25, -0.2) is 4.39 Å². The molecule has 1 saturated heterocycles. The van der Waals surface area contributed by atoms with E-state index in [9.17, 15) is 14.0 Å². The summed E-state index contributed by atoms with van der Waals surface area (Å²) in [5, 5.41) is -0.254. The minimum absolute atomic E-state index is 0.0315. The summed E-state index contributed by atoms with van der Waals surface area (Å²) in [4.78, 5) is 26.7. The van der Waals surface area contributed by atoms with Gasteiger partial charge in [-0.05, 0) is 65.7 Å². The molecule has 1 fully saturated rings. The van der Waals surface area contributed by atoms with Gasteiger partial charge in [-0.2, -0.15) is 0 Å². The first-order valence-electron chi connectivity index (χ1n) is 10.4. The molecule has 0 radical (unpaired) electrons. The monoisotopic (exact) mass is 497 g/mol. The maximum atomic E-state index is 13.3. The van der Waals surface area contributed by atoms with Crippen LogP contribution in [0.4, 0.5) is 9.18 Å². The molecular formula is C26H21ClFNO4S. The van der Waals surface area contributed by atoms with Gasteiger partial charge >= 0.3 is 0 Å². The van der Waals surface area contributed by atoms with E-state index >= 15 is 0 Å². The number of carbonyl (C=O) groups is 2. The summed E-state index contributed by atoms with van der Waals surface area (Å²) in [5.74, 6) is 0.162. The minimum Gasteiger partial charge on any atom is -0.493 e. The summed E-state index contributed by atoms with van der Waals surface area (Å²) in [7, 11) is 1.54. The maximum Gasteiger partial charge on any atom is 0.293 e. The number of carbonyl (C=O) groups excluding carboxylic acids is 2. The van der Waals surface area contributed by atoms with E-state index in [1.165, 1.54) is 24.8 Å². The largest absolute Gasteiger partial charge is 0.493 e. The summed E-state index contributed by atoms with van der Waals surface area (Å²) < 4.78 is 24.7. The van der Waals surface area contributed by atoms with Crippen molar-refractivity contribution in [2.45, 2.75) is 20.1 Å². The Morgan fingerprint density at radius 1 is 1.03 bits per heavy atom. The Balaban J connectivity index is 1.48. The van der Waals surface area contributed by atoms with Gasteiger partial charge in [-0.3, -0.25) is 14.5 Å². The Labute approximate surface area is 206 Å². The van der Waals surface area contributed by atoms with Crippen molar-refractivity contribution in [2.24, 2.45) is 0 Å². The SMILES string of the molecule is COc1cc(/C=C2/SC(=O)N(Cc3ccc(F)cc3Cl)C2=O)ccc1OCc1ccc(C)cc1. The zero-order valence-electron chi connectivity index (χ0n) is 18.5. The molecule has 3 aromatic rings. The van der Waals surface area contributed by atoms with Gasteiger partial charge in [0.15, 0.2) is 11.5 Å². The number of thioether (sulfide) groups is 1. The molecular weight excluding hydrogens is 477 g/mol. The van der Waals surface area contributed by atoms with Crippen molar-refractivity contribution in [3.63, 3.8) is 0 Å². The molecule has 0 aliphatic carbocycles. The molecule has 1 heterocycles. The molecule has 5 nitrogen and oxygen atoms in total. The lowest BCUT2D eigenvalue weighted by molar-refractivity contribution is -0.123. The van der Waals surface area contributed by atoms with Crippen LogP contribution in [0.15, 0.2) is 65.6 Å². The number of hydrogen-bond acceptors (Lipinski definition) is 5. The predicted molar refractivity (Wildman–Crippen MR) is 131 cm³/mol. The maximum absolute atomic E-state index is 13.3. The van der Waals surface area contributed by atoms with E-state index in [1.54, 1.807) is 24.3 Å². The van der Waals surface area contributed by atoms with Crippen LogP contribution >= 0.6 is 23.4 Å². The summed E-state index contributed by atoms with van der Waals surface area (Å²) >= 11 is 6.89. The van der Waals surface area contributed by atoms with E-state index < -0.39 is 17.0 Å². The van der Waals surface area contributed by atoms with Gasteiger partial charge in [-0.15, -0.1) is 0 Å². The topological polar surface area (TPSA) is 55.8 Å². The van der Waals surface area contributed by atoms with Crippen LogP contribution in [0.2, 0.25) is 5.02 Å². The number of methoxy groups -OCH3 is 1. The third-order valence-corrected chi connectivity index (χ3v) is 6.48. The first-order chi connectivity index (χ1) is 16.3. The van der Waals surface area contributed by atoms with Crippen LogP contribution in [0.1, 0.15) is 22.3 Å². The summed E-state index contributed by atoms with van der Waals surface area (Å²) in [6.45, 7) is 2.38. The second kappa shape index (κ2) is 10.3. The van der Waals surface area contributed by atoms with Gasteiger partial charge in [-0.1, -0.05) is 53.6 Å². The van der Waals surface area contributed by atoms with Crippen molar-refractivity contribution >= 4 is 40.6 Å². The molecule has 0 N–H and O–H groups in total. The molecule has 1 aliphatic rings. The Bertz CT molecular complexity index is 1280. The van der Waals surface area contributed by atoms with E-state index in [-0.39, 0.29) is 16.5 Å². The fraction of sp³-hybridized carbons (Fsp3) is 0.154. The Kier molecular flexibility index (Phi) is 7.24. The molecule has 0 aromatic heterocycles. The first kappa shape index (κ1) is 23.9. The molecule has 2 amide bonds. The highest BCUT2D eigenvalue weighted by Gasteiger charge is 2.35. The lowest BCUT2D eigenvalue weighted by atomic mass is 10.1. The molecule has 0 saturated carbocycles. The lowest BCUT2D eigenvalue weighted by Gasteiger charge is -2.13. The van der Waals surface area contributed by atoms with Gasteiger partial charge in [0.25, 0.3) is 11.1 Å². The van der Waals surface area contributed by atoms with Gasteiger partial charge in [0, 0.05) is 5.02 Å². The Hall–Kier alpha value is -3.29. The molecule has 174 valence electrons. The molecule has 34 heavy (non-hydrogen) atoms. The van der Waals surface area contributed by atoms with Crippen LogP contribution in [0.3, 0.4) is 0 Å². The second-order valence-electron chi connectivity index (χ2n) is 7.69. The number of rotatable bonds is 7. The third kappa shape index (κ3) is 5.43. The molecule has 4 rings (SSSR count). The summed E-state index contributed by atoms with van der Waals surface area (Å²) in [6, 6.07) is 17.2. The molecule has 0 spiro atoms. The standard InChI is InChI=1S/C26H21ClFNO4S/c1-16-3-5-17(6-4-16)15-33-22-10-7-18(11-23(22)32-2)12-24-25(30)29(26(31)34-24)14-19-8-9-20(28)13-21(19)27/h3-13H,14-15H2,1-2H3/b24-12+. The quantitative estimate of drug-likeness (QED) is 0.344. The first-order valence-corrected chi connectivity index (χ1v) is 11.6. The second-order valence-corrected chi connectivity index (χ2v) is 9.09. The van der Waals surface area contributed by atoms with Crippen molar-refractivity contribution < 1.29 is 23.5 Å². The third-order valence-electron chi connectivity index (χ3n) is 5.22. The zero-order chi connectivity index (χ0) is 24.2. The van der Waals surface area contributed by atoms with Crippen LogP contribution in [-0.2, 0) is 17.9 Å². The van der Waals surface area contributed by atoms with E-state index in [0.717, 1.165) is 28.3 Å². The lowest BCUT2D eigenvalue weighted by Crippen LogP contribution is -2.27. The number of hydrogen-bond donors (Lipinski definition) is 0. The van der Waals surface area contributed by atoms with Crippen LogP contribution in [-0.4, -0.2) is 23.2 Å². The normalized spacial score (nSPS) is 14.7. The number of ether oxygens (including phenoxy) is 2. The van der Waals surface area contributed by atoms with E-state index in [2.05, 4.69) is 0 Å². The van der Waals surface area contributed by atoms with Gasteiger partial charge in [0.05, 0.1) is 18.6 Å². The molecule has 3 aromatic carbocycles. The van der Waals surface area contributed by atoms with Crippen LogP contribution < -0.4 is 9.47 Å². The predicted octanol–water partition coefficient (Wildman–Crippen LogP) is 6.61. The van der Waals surface area contributed by atoms with Crippen LogP contribution in [0, 0.1) is 12.7 Å². The van der Waals surface area contributed by atoms with E-state index in [0.29, 0.717) is 29.2 Å². The van der Waals surface area contributed by atoms with Crippen molar-refractivity contribution in [1.82, 2.24) is 4.90 Å². The van der Waals surface area contributed by atoms with Crippen molar-refractivity contribution in [3.8, 4) is 11.5 Å². The Morgan fingerprint density at radius 2 is 1.79 bits per heavy atom. The zero-order valence-corrected chi connectivity index (χ0v) is 20.1. The fourth-order valence-electron chi connectivity index (χ4n) is 3.35. The van der Waals surface area contributed by atoms with E-state index in [1.807, 2.05) is 31.2 Å². The number of benzene rings is 3. The number of halogens is 2. The summed E-state index contributed by atoms with van der Waals surface area (Å²) in [6.07, 6.45) is 1.63. The van der Waals surface area contributed by atoms with Crippen LogP contribution in [0.5, 0.6) is 11.5 Å². The number of amides is 2. The highest BCUT2D eigenvalue weighted by atomic mass is 35.5. The highest BCUT2D eigenvalue weighted by Crippen LogP contribution is 2.36. The smallest absolute Gasteiger partial charge is 0.293 e. The molecule has 0 atom stereocenters. The average Bonchev–Trinajstić information content (AvgIpc) is 3.08. The average molecular weight is 498 g/mol. The van der Waals surface area contributed by atoms with Crippen LogP contribution in [0.25, 0.3) is 6.08 Å². The molecule has 1 aliphatic heterocycles. The van der Waals surface area contributed by atoms with Crippen molar-refractivity contribution in [2.75, 3.05) is 7.11 Å². The number of aryl methyl sites for hydroxylation is 1. The summed E-state index contributed by atoms with van der Waals surface area (Å²) in [5.41, 5.74) is 3.38. The van der Waals surface area contributed by atoms with Gasteiger partial charge in [0.2, 0.25) is 0 Å². The highest BCUT2D eigenvalue weighted by molar-refractivity contribution is 8.18.